The molecule has 0 bridgehead atoms. The van der Waals surface area contributed by atoms with Crippen LogP contribution in [0.5, 0.6) is 0 Å². The summed E-state index contributed by atoms with van der Waals surface area (Å²) in [6, 6.07) is 19.9. The first-order chi connectivity index (χ1) is 13.0. The van der Waals surface area contributed by atoms with Gasteiger partial charge < -0.3 is 4.74 Å². The van der Waals surface area contributed by atoms with Crippen molar-refractivity contribution in [2.75, 3.05) is 11.4 Å². The number of carbonyl (C=O) groups is 1. The number of ether oxygens (including phenoxy) is 1. The number of pyridine rings is 1. The number of hydrogen-bond acceptors (Lipinski definition) is 5. The summed E-state index contributed by atoms with van der Waals surface area (Å²) in [5.41, 5.74) is 1.05. The second kappa shape index (κ2) is 8.01. The van der Waals surface area contributed by atoms with E-state index >= 15 is 0 Å². The third kappa shape index (κ3) is 4.15. The van der Waals surface area contributed by atoms with Crippen LogP contribution in [0.15, 0.2) is 83.9 Å². The molecule has 0 amide bonds. The molecule has 0 atom stereocenters. The fourth-order valence-electron chi connectivity index (χ4n) is 2.49. The summed E-state index contributed by atoms with van der Waals surface area (Å²) in [6.07, 6.45) is 1.59. The predicted octanol–water partition coefficient (Wildman–Crippen LogP) is 3.26. The standard InChI is InChI=1S/C20H18N2O4S/c1-22(17-10-3-2-4-11-17)27(24,25)19-13-6-5-12-18(19)20(23)26-15-16-9-7-8-14-21-16/h2-14H,15H2,1H3. The van der Waals surface area contributed by atoms with Gasteiger partial charge in [0.25, 0.3) is 10.0 Å². The van der Waals surface area contributed by atoms with Crippen LogP contribution < -0.4 is 4.31 Å². The number of rotatable bonds is 6. The third-order valence-electron chi connectivity index (χ3n) is 3.94. The van der Waals surface area contributed by atoms with Gasteiger partial charge in [0.05, 0.1) is 16.9 Å². The molecule has 0 aliphatic heterocycles. The molecule has 0 radical (unpaired) electrons. The minimum Gasteiger partial charge on any atom is -0.456 e. The molecule has 1 aromatic heterocycles. The summed E-state index contributed by atoms with van der Waals surface area (Å²) < 4.78 is 32.5. The van der Waals surface area contributed by atoms with E-state index in [1.165, 1.54) is 19.2 Å². The first-order valence-corrected chi connectivity index (χ1v) is 9.64. The zero-order valence-electron chi connectivity index (χ0n) is 14.6. The van der Waals surface area contributed by atoms with Crippen molar-refractivity contribution in [3.05, 3.63) is 90.3 Å². The highest BCUT2D eigenvalue weighted by molar-refractivity contribution is 7.92. The number of nitrogens with zero attached hydrogens (tertiary/aromatic N) is 2. The smallest absolute Gasteiger partial charge is 0.339 e. The fourth-order valence-corrected chi connectivity index (χ4v) is 3.86. The zero-order valence-corrected chi connectivity index (χ0v) is 15.5. The van der Waals surface area contributed by atoms with Gasteiger partial charge in [0.1, 0.15) is 11.5 Å². The van der Waals surface area contributed by atoms with Crippen LogP contribution in [-0.2, 0) is 21.4 Å². The minimum absolute atomic E-state index is 0.0174. The molecule has 7 heteroatoms. The number of benzene rings is 2. The number of anilines is 1. The lowest BCUT2D eigenvalue weighted by molar-refractivity contribution is 0.0463. The van der Waals surface area contributed by atoms with Crippen LogP contribution in [0.1, 0.15) is 16.1 Å². The van der Waals surface area contributed by atoms with Crippen LogP contribution >= 0.6 is 0 Å². The average molecular weight is 382 g/mol. The Kier molecular flexibility index (Phi) is 5.52. The normalized spacial score (nSPS) is 11.0. The van der Waals surface area contributed by atoms with Crippen molar-refractivity contribution in [3.8, 4) is 0 Å². The van der Waals surface area contributed by atoms with Gasteiger partial charge in [0.2, 0.25) is 0 Å². The quantitative estimate of drug-likeness (QED) is 0.612. The lowest BCUT2D eigenvalue weighted by Crippen LogP contribution is -2.28. The average Bonchev–Trinajstić information content (AvgIpc) is 2.72. The number of sulfonamides is 1. The van der Waals surface area contributed by atoms with Gasteiger partial charge in [-0.1, -0.05) is 36.4 Å². The molecule has 0 fully saturated rings. The highest BCUT2D eigenvalue weighted by Gasteiger charge is 2.27. The number of esters is 1. The van der Waals surface area contributed by atoms with Gasteiger partial charge in [-0.3, -0.25) is 9.29 Å². The molecule has 0 N–H and O–H groups in total. The molecule has 1 heterocycles. The maximum atomic E-state index is 13.0. The van der Waals surface area contributed by atoms with E-state index in [-0.39, 0.29) is 17.1 Å². The Bertz CT molecular complexity index is 1020. The summed E-state index contributed by atoms with van der Waals surface area (Å²) in [4.78, 5) is 16.5. The van der Waals surface area contributed by atoms with Crippen molar-refractivity contribution < 1.29 is 17.9 Å². The molecule has 0 aliphatic carbocycles. The maximum Gasteiger partial charge on any atom is 0.339 e. The number of hydrogen-bond donors (Lipinski definition) is 0. The number of carbonyl (C=O) groups excluding carboxylic acids is 1. The third-order valence-corrected chi connectivity index (χ3v) is 5.79. The van der Waals surface area contributed by atoms with Gasteiger partial charge >= 0.3 is 5.97 Å². The van der Waals surface area contributed by atoms with E-state index in [0.717, 1.165) is 4.31 Å². The van der Waals surface area contributed by atoms with Crippen LogP contribution in [0.3, 0.4) is 0 Å². The van der Waals surface area contributed by atoms with E-state index in [4.69, 9.17) is 4.74 Å². The topological polar surface area (TPSA) is 76.6 Å². The molecule has 0 saturated carbocycles. The highest BCUT2D eigenvalue weighted by Crippen LogP contribution is 2.25. The zero-order chi connectivity index (χ0) is 19.3. The summed E-state index contributed by atoms with van der Waals surface area (Å²) in [5.74, 6) is -0.721. The molecule has 138 valence electrons. The fraction of sp³-hybridized carbons (Fsp3) is 0.100. The Morgan fingerprint density at radius 2 is 1.63 bits per heavy atom. The molecule has 27 heavy (non-hydrogen) atoms. The minimum atomic E-state index is -3.93. The number of aromatic nitrogens is 1. The molecular formula is C20H18N2O4S. The first kappa shape index (κ1) is 18.6. The van der Waals surface area contributed by atoms with E-state index in [0.29, 0.717) is 11.4 Å². The maximum absolute atomic E-state index is 13.0. The second-order valence-electron chi connectivity index (χ2n) is 5.70. The van der Waals surface area contributed by atoms with Crippen molar-refractivity contribution in [2.45, 2.75) is 11.5 Å². The van der Waals surface area contributed by atoms with Gasteiger partial charge in [-0.25, -0.2) is 13.2 Å². The SMILES string of the molecule is CN(c1ccccc1)S(=O)(=O)c1ccccc1C(=O)OCc1ccccn1. The predicted molar refractivity (Wildman–Crippen MR) is 102 cm³/mol. The lowest BCUT2D eigenvalue weighted by Gasteiger charge is -2.20. The Morgan fingerprint density at radius 3 is 2.33 bits per heavy atom. The van der Waals surface area contributed by atoms with Crippen molar-refractivity contribution in [3.63, 3.8) is 0 Å². The molecule has 2 aromatic carbocycles. The Balaban J connectivity index is 1.88. The van der Waals surface area contributed by atoms with Crippen LogP contribution in [-0.4, -0.2) is 26.4 Å². The van der Waals surface area contributed by atoms with Gasteiger partial charge in [-0.15, -0.1) is 0 Å². The second-order valence-corrected chi connectivity index (χ2v) is 7.64. The molecular weight excluding hydrogens is 364 g/mol. The van der Waals surface area contributed by atoms with Gasteiger partial charge in [0.15, 0.2) is 0 Å². The molecule has 0 saturated heterocycles. The van der Waals surface area contributed by atoms with Gasteiger partial charge in [-0.2, -0.15) is 0 Å². The molecule has 6 nitrogen and oxygen atoms in total. The molecule has 3 aromatic rings. The molecule has 0 unspecified atom stereocenters. The Hall–Kier alpha value is -3.19. The van der Waals surface area contributed by atoms with E-state index < -0.39 is 16.0 Å². The van der Waals surface area contributed by atoms with Crippen molar-refractivity contribution in [1.29, 1.82) is 0 Å². The Morgan fingerprint density at radius 1 is 0.963 bits per heavy atom. The van der Waals surface area contributed by atoms with Gasteiger partial charge in [-0.05, 0) is 36.4 Å². The summed E-state index contributed by atoms with van der Waals surface area (Å²) >= 11 is 0. The Labute approximate surface area is 158 Å². The van der Waals surface area contributed by atoms with Gasteiger partial charge in [0, 0.05) is 13.2 Å². The summed E-state index contributed by atoms with van der Waals surface area (Å²) in [5, 5.41) is 0. The molecule has 0 spiro atoms. The monoisotopic (exact) mass is 382 g/mol. The summed E-state index contributed by atoms with van der Waals surface area (Å²) in [7, 11) is -2.49. The highest BCUT2D eigenvalue weighted by atomic mass is 32.2. The van der Waals surface area contributed by atoms with Crippen molar-refractivity contribution in [1.82, 2.24) is 4.98 Å². The van der Waals surface area contributed by atoms with E-state index in [1.54, 1.807) is 66.9 Å². The van der Waals surface area contributed by atoms with Crippen LogP contribution in [0.2, 0.25) is 0 Å². The van der Waals surface area contributed by atoms with E-state index in [2.05, 4.69) is 4.98 Å². The van der Waals surface area contributed by atoms with E-state index in [1.807, 2.05) is 0 Å². The largest absolute Gasteiger partial charge is 0.456 e. The van der Waals surface area contributed by atoms with Crippen molar-refractivity contribution >= 4 is 21.7 Å². The van der Waals surface area contributed by atoms with Crippen LogP contribution in [0, 0.1) is 0 Å². The molecule has 3 rings (SSSR count). The summed E-state index contributed by atoms with van der Waals surface area (Å²) in [6.45, 7) is -0.0391. The van der Waals surface area contributed by atoms with Crippen LogP contribution in [0.4, 0.5) is 5.69 Å². The molecule has 0 aliphatic rings. The lowest BCUT2D eigenvalue weighted by atomic mass is 10.2. The van der Waals surface area contributed by atoms with Crippen molar-refractivity contribution in [2.24, 2.45) is 0 Å². The first-order valence-electron chi connectivity index (χ1n) is 8.20. The number of para-hydroxylation sites is 1. The van der Waals surface area contributed by atoms with E-state index in [9.17, 15) is 13.2 Å². The van der Waals surface area contributed by atoms with Crippen LogP contribution in [0.25, 0.3) is 0 Å².